The maximum absolute atomic E-state index is 12.4. The largest absolute Gasteiger partial charge is 0.481 e. The number of hydrogen-bond acceptors (Lipinski definition) is 4. The van der Waals surface area contributed by atoms with Crippen LogP contribution in [0.15, 0.2) is 0 Å². The summed E-state index contributed by atoms with van der Waals surface area (Å²) in [6, 6.07) is 0. The summed E-state index contributed by atoms with van der Waals surface area (Å²) in [5.41, 5.74) is 1.60. The molecule has 2 rings (SSSR count). The number of carbonyl (C=O) groups is 3. The second-order valence-corrected chi connectivity index (χ2v) is 6.45. The van der Waals surface area contributed by atoms with Crippen LogP contribution in [0.25, 0.3) is 0 Å². The van der Waals surface area contributed by atoms with Crippen molar-refractivity contribution in [2.75, 3.05) is 11.9 Å². The van der Waals surface area contributed by atoms with Crippen LogP contribution in [0.5, 0.6) is 0 Å². The van der Waals surface area contributed by atoms with Gasteiger partial charge in [0.15, 0.2) is 0 Å². The molecular weight excluding hydrogens is 304 g/mol. The molecule has 1 aromatic rings. The van der Waals surface area contributed by atoms with Crippen molar-refractivity contribution in [1.82, 2.24) is 5.32 Å². The third kappa shape index (κ3) is 4.07. The van der Waals surface area contributed by atoms with Gasteiger partial charge in [-0.05, 0) is 37.7 Å². The fraction of sp³-hybridized carbons (Fsp3) is 0.533. The first-order valence-corrected chi connectivity index (χ1v) is 8.22. The molecule has 120 valence electrons. The van der Waals surface area contributed by atoms with E-state index in [-0.39, 0.29) is 18.2 Å². The summed E-state index contributed by atoms with van der Waals surface area (Å²) in [4.78, 5) is 35.4. The predicted molar refractivity (Wildman–Crippen MR) is 84.5 cm³/mol. The van der Waals surface area contributed by atoms with Crippen LogP contribution in [0, 0.1) is 0 Å². The molecule has 0 fully saturated rings. The fourth-order valence-electron chi connectivity index (χ4n) is 2.58. The summed E-state index contributed by atoms with van der Waals surface area (Å²) in [6.45, 7) is 1.74. The Labute approximate surface area is 132 Å². The third-order valence-corrected chi connectivity index (χ3v) is 4.75. The van der Waals surface area contributed by atoms with Gasteiger partial charge in [0, 0.05) is 24.8 Å². The van der Waals surface area contributed by atoms with E-state index in [1.165, 1.54) is 23.1 Å². The van der Waals surface area contributed by atoms with E-state index in [2.05, 4.69) is 10.6 Å². The zero-order chi connectivity index (χ0) is 16.1. The van der Waals surface area contributed by atoms with Crippen LogP contribution < -0.4 is 10.6 Å². The normalized spacial score (nSPS) is 13.3. The predicted octanol–water partition coefficient (Wildman–Crippen LogP) is 2.18. The Bertz CT molecular complexity index is 595. The lowest BCUT2D eigenvalue weighted by atomic mass is 9.95. The summed E-state index contributed by atoms with van der Waals surface area (Å²) in [5.74, 6) is -1.30. The number of carboxylic acids is 1. The minimum atomic E-state index is -0.874. The van der Waals surface area contributed by atoms with E-state index in [0.29, 0.717) is 23.5 Å². The summed E-state index contributed by atoms with van der Waals surface area (Å²) in [5, 5.41) is 14.7. The van der Waals surface area contributed by atoms with Crippen LogP contribution >= 0.6 is 11.3 Å². The van der Waals surface area contributed by atoms with Gasteiger partial charge < -0.3 is 15.7 Å². The number of carbonyl (C=O) groups excluding carboxylic acids is 2. The highest BCUT2D eigenvalue weighted by molar-refractivity contribution is 7.17. The maximum Gasteiger partial charge on any atom is 0.303 e. The Hall–Kier alpha value is -1.89. The number of amides is 2. The van der Waals surface area contributed by atoms with Crippen LogP contribution in [-0.4, -0.2) is 29.4 Å². The fourth-order valence-corrected chi connectivity index (χ4v) is 3.92. The molecule has 2 amide bonds. The second-order valence-electron chi connectivity index (χ2n) is 5.35. The lowest BCUT2D eigenvalue weighted by Gasteiger charge is -2.13. The first kappa shape index (κ1) is 16.5. The monoisotopic (exact) mass is 324 g/mol. The van der Waals surface area contributed by atoms with Gasteiger partial charge in [-0.25, -0.2) is 0 Å². The molecule has 7 heteroatoms. The number of nitrogens with one attached hydrogen (secondary N) is 2. The van der Waals surface area contributed by atoms with Crippen molar-refractivity contribution in [3.05, 3.63) is 16.0 Å². The molecule has 0 radical (unpaired) electrons. The Morgan fingerprint density at radius 3 is 2.64 bits per heavy atom. The Balaban J connectivity index is 2.12. The number of hydrogen-bond donors (Lipinski definition) is 3. The molecule has 0 saturated carbocycles. The summed E-state index contributed by atoms with van der Waals surface area (Å²) < 4.78 is 0. The zero-order valence-corrected chi connectivity index (χ0v) is 13.3. The number of anilines is 1. The van der Waals surface area contributed by atoms with Gasteiger partial charge in [-0.2, -0.15) is 0 Å². The van der Waals surface area contributed by atoms with Crippen molar-refractivity contribution < 1.29 is 19.5 Å². The lowest BCUT2D eigenvalue weighted by molar-refractivity contribution is -0.137. The highest BCUT2D eigenvalue weighted by Crippen LogP contribution is 2.38. The van der Waals surface area contributed by atoms with Crippen molar-refractivity contribution >= 4 is 34.1 Å². The lowest BCUT2D eigenvalue weighted by Crippen LogP contribution is -2.27. The standard InChI is InChI=1S/C15H20N2O4S/c1-9(18)17-15-13(10-5-2-3-6-11(10)22-15)14(21)16-8-4-7-12(19)20/h2-8H2,1H3,(H,16,21)(H,17,18)(H,19,20). The van der Waals surface area contributed by atoms with E-state index in [1.54, 1.807) is 0 Å². The van der Waals surface area contributed by atoms with Crippen LogP contribution in [0.4, 0.5) is 5.00 Å². The van der Waals surface area contributed by atoms with Gasteiger partial charge in [0.25, 0.3) is 5.91 Å². The SMILES string of the molecule is CC(=O)Nc1sc2c(c1C(=O)NCCCC(=O)O)CCCC2. The van der Waals surface area contributed by atoms with E-state index >= 15 is 0 Å². The number of aliphatic carboxylic acids is 1. The molecule has 0 atom stereocenters. The van der Waals surface area contributed by atoms with Gasteiger partial charge in [-0.1, -0.05) is 0 Å². The molecule has 1 aliphatic rings. The van der Waals surface area contributed by atoms with E-state index in [9.17, 15) is 14.4 Å². The first-order chi connectivity index (χ1) is 10.5. The highest BCUT2D eigenvalue weighted by Gasteiger charge is 2.25. The molecule has 0 aliphatic heterocycles. The molecule has 0 unspecified atom stereocenters. The van der Waals surface area contributed by atoms with Gasteiger partial charge in [0.2, 0.25) is 5.91 Å². The first-order valence-electron chi connectivity index (χ1n) is 7.41. The van der Waals surface area contributed by atoms with Gasteiger partial charge in [-0.15, -0.1) is 11.3 Å². The molecule has 22 heavy (non-hydrogen) atoms. The molecule has 1 heterocycles. The summed E-state index contributed by atoms with van der Waals surface area (Å²) in [6.07, 6.45) is 4.36. The molecule has 0 aromatic carbocycles. The third-order valence-electron chi connectivity index (χ3n) is 3.54. The molecule has 1 aromatic heterocycles. The van der Waals surface area contributed by atoms with Crippen molar-refractivity contribution in [1.29, 1.82) is 0 Å². The average molecular weight is 324 g/mol. The average Bonchev–Trinajstić information content (AvgIpc) is 2.80. The van der Waals surface area contributed by atoms with Crippen LogP contribution in [0.3, 0.4) is 0 Å². The molecule has 0 spiro atoms. The van der Waals surface area contributed by atoms with Crippen molar-refractivity contribution in [2.24, 2.45) is 0 Å². The molecule has 0 bridgehead atoms. The quantitative estimate of drug-likeness (QED) is 0.699. The van der Waals surface area contributed by atoms with Crippen molar-refractivity contribution in [2.45, 2.75) is 45.4 Å². The molecular formula is C15H20N2O4S. The van der Waals surface area contributed by atoms with Gasteiger partial charge in [0.1, 0.15) is 5.00 Å². The minimum Gasteiger partial charge on any atom is -0.481 e. The summed E-state index contributed by atoms with van der Waals surface area (Å²) in [7, 11) is 0. The van der Waals surface area contributed by atoms with Crippen LogP contribution in [-0.2, 0) is 22.4 Å². The van der Waals surface area contributed by atoms with E-state index in [1.807, 2.05) is 0 Å². The Morgan fingerprint density at radius 2 is 1.95 bits per heavy atom. The van der Waals surface area contributed by atoms with Gasteiger partial charge >= 0.3 is 5.97 Å². The van der Waals surface area contributed by atoms with E-state index < -0.39 is 5.97 Å². The number of thiophene rings is 1. The van der Waals surface area contributed by atoms with Gasteiger partial charge in [-0.3, -0.25) is 14.4 Å². The van der Waals surface area contributed by atoms with E-state index in [4.69, 9.17) is 5.11 Å². The number of carboxylic acid groups (broad SMARTS) is 1. The van der Waals surface area contributed by atoms with Crippen LogP contribution in [0.2, 0.25) is 0 Å². The smallest absolute Gasteiger partial charge is 0.303 e. The minimum absolute atomic E-state index is 0.0284. The Morgan fingerprint density at radius 1 is 1.23 bits per heavy atom. The zero-order valence-electron chi connectivity index (χ0n) is 12.5. The van der Waals surface area contributed by atoms with Crippen molar-refractivity contribution in [3.8, 4) is 0 Å². The molecule has 1 aliphatic carbocycles. The topological polar surface area (TPSA) is 95.5 Å². The Kier molecular flexibility index (Phi) is 5.54. The van der Waals surface area contributed by atoms with E-state index in [0.717, 1.165) is 31.2 Å². The number of fused-ring (bicyclic) bond motifs is 1. The highest BCUT2D eigenvalue weighted by atomic mass is 32.1. The van der Waals surface area contributed by atoms with Crippen molar-refractivity contribution in [3.63, 3.8) is 0 Å². The molecule has 6 nitrogen and oxygen atoms in total. The summed E-state index contributed by atoms with van der Waals surface area (Å²) >= 11 is 1.48. The molecule has 3 N–H and O–H groups in total. The number of rotatable bonds is 6. The van der Waals surface area contributed by atoms with Crippen LogP contribution in [0.1, 0.15) is 53.4 Å². The maximum atomic E-state index is 12.4. The molecule has 0 saturated heterocycles. The van der Waals surface area contributed by atoms with Gasteiger partial charge in [0.05, 0.1) is 5.56 Å². The second kappa shape index (κ2) is 7.40. The number of aryl methyl sites for hydroxylation is 1.